The number of nitrogens with zero attached hydrogens (tertiary/aromatic N) is 1. The molecule has 1 fully saturated rings. The van der Waals surface area contributed by atoms with Gasteiger partial charge in [-0.05, 0) is 18.1 Å². The van der Waals surface area contributed by atoms with Gasteiger partial charge in [0.25, 0.3) is 0 Å². The predicted molar refractivity (Wildman–Crippen MR) is 117 cm³/mol. The van der Waals surface area contributed by atoms with E-state index in [-0.39, 0.29) is 36.8 Å². The Morgan fingerprint density at radius 1 is 1.07 bits per heavy atom. The van der Waals surface area contributed by atoms with Crippen molar-refractivity contribution in [1.29, 1.82) is 0 Å². The molecule has 3 rings (SSSR count). The Bertz CT molecular complexity index is 708. The van der Waals surface area contributed by atoms with Crippen molar-refractivity contribution in [2.45, 2.75) is 18.5 Å². The molecule has 3 N–H and O–H groups in total. The molecule has 2 aromatic carbocycles. The molecule has 0 spiro atoms. The number of carbonyl (C=O) groups is 1. The summed E-state index contributed by atoms with van der Waals surface area (Å²) in [5.74, 6) is -0.169. The first-order valence-corrected chi connectivity index (χ1v) is 9.08. The number of morpholine rings is 1. The van der Waals surface area contributed by atoms with Crippen molar-refractivity contribution in [1.82, 2.24) is 10.2 Å². The van der Waals surface area contributed by atoms with Crippen molar-refractivity contribution in [3.05, 3.63) is 71.8 Å². The summed E-state index contributed by atoms with van der Waals surface area (Å²) in [7, 11) is 0. The first kappa shape index (κ1) is 24.4. The van der Waals surface area contributed by atoms with Gasteiger partial charge in [0.2, 0.25) is 5.91 Å². The van der Waals surface area contributed by atoms with Crippen molar-refractivity contribution >= 4 is 30.7 Å². The van der Waals surface area contributed by atoms with Crippen molar-refractivity contribution in [3.63, 3.8) is 0 Å². The first-order valence-electron chi connectivity index (χ1n) is 9.08. The molecule has 0 radical (unpaired) electrons. The van der Waals surface area contributed by atoms with Crippen molar-refractivity contribution < 1.29 is 9.53 Å². The minimum absolute atomic E-state index is 0. The highest BCUT2D eigenvalue weighted by Crippen LogP contribution is 2.22. The summed E-state index contributed by atoms with van der Waals surface area (Å²) in [5.41, 5.74) is 7.27. The van der Waals surface area contributed by atoms with E-state index in [0.717, 1.165) is 31.9 Å². The lowest BCUT2D eigenvalue weighted by Crippen LogP contribution is -2.51. The maximum absolute atomic E-state index is 12.8. The summed E-state index contributed by atoms with van der Waals surface area (Å²) < 4.78 is 5.47. The number of ether oxygens (including phenoxy) is 1. The van der Waals surface area contributed by atoms with Gasteiger partial charge in [0.05, 0.1) is 19.3 Å². The van der Waals surface area contributed by atoms with Gasteiger partial charge in [0.1, 0.15) is 5.54 Å². The number of amides is 1. The molecule has 2 unspecified atom stereocenters. The van der Waals surface area contributed by atoms with Gasteiger partial charge in [0, 0.05) is 19.6 Å². The Labute approximate surface area is 179 Å². The van der Waals surface area contributed by atoms with E-state index in [0.29, 0.717) is 6.54 Å². The number of hydrogen-bond acceptors (Lipinski definition) is 4. The number of halogens is 2. The number of rotatable bonds is 6. The van der Waals surface area contributed by atoms with Crippen LogP contribution in [0.2, 0.25) is 0 Å². The maximum atomic E-state index is 12.8. The smallest absolute Gasteiger partial charge is 0.244 e. The summed E-state index contributed by atoms with van der Waals surface area (Å²) in [6.07, 6.45) is 0. The predicted octanol–water partition coefficient (Wildman–Crippen LogP) is 2.89. The normalized spacial score (nSPS) is 17.4. The lowest BCUT2D eigenvalue weighted by Gasteiger charge is -2.35. The van der Waals surface area contributed by atoms with Crippen LogP contribution in [0.4, 0.5) is 0 Å². The zero-order valence-corrected chi connectivity index (χ0v) is 17.7. The third kappa shape index (κ3) is 5.93. The topological polar surface area (TPSA) is 67.6 Å². The minimum Gasteiger partial charge on any atom is -0.379 e. The molecule has 28 heavy (non-hydrogen) atoms. The zero-order valence-electron chi connectivity index (χ0n) is 16.0. The van der Waals surface area contributed by atoms with Crippen LogP contribution < -0.4 is 11.1 Å². The molecule has 1 aliphatic heterocycles. The quantitative estimate of drug-likeness (QED) is 0.746. The molecule has 0 aromatic heterocycles. The van der Waals surface area contributed by atoms with Gasteiger partial charge in [-0.1, -0.05) is 60.7 Å². The molecule has 1 saturated heterocycles. The Hall–Kier alpha value is -1.63. The van der Waals surface area contributed by atoms with Crippen molar-refractivity contribution in [3.8, 4) is 0 Å². The molecule has 5 nitrogen and oxygen atoms in total. The van der Waals surface area contributed by atoms with Gasteiger partial charge >= 0.3 is 0 Å². The van der Waals surface area contributed by atoms with E-state index in [2.05, 4.69) is 22.3 Å². The third-order valence-corrected chi connectivity index (χ3v) is 4.97. The Balaban J connectivity index is 0.00000196. The lowest BCUT2D eigenvalue weighted by molar-refractivity contribution is -0.126. The number of carbonyl (C=O) groups excluding carboxylic acids is 1. The molecule has 154 valence electrons. The molecule has 0 aliphatic carbocycles. The molecule has 2 atom stereocenters. The second-order valence-electron chi connectivity index (χ2n) is 6.85. The minimum atomic E-state index is -1.06. The molecule has 2 aromatic rings. The largest absolute Gasteiger partial charge is 0.379 e. The Morgan fingerprint density at radius 3 is 2.18 bits per heavy atom. The SMILES string of the molecule is CC(N)(C(=O)NCC(c1ccccc1)N1CCOCC1)c1ccccc1.Cl.Cl. The molecule has 0 bridgehead atoms. The first-order chi connectivity index (χ1) is 12.6. The van der Waals surface area contributed by atoms with Gasteiger partial charge in [0.15, 0.2) is 0 Å². The van der Waals surface area contributed by atoms with Crippen LogP contribution in [0.1, 0.15) is 24.1 Å². The highest BCUT2D eigenvalue weighted by Gasteiger charge is 2.31. The van der Waals surface area contributed by atoms with Gasteiger partial charge < -0.3 is 15.8 Å². The fourth-order valence-corrected chi connectivity index (χ4v) is 3.31. The van der Waals surface area contributed by atoms with E-state index in [9.17, 15) is 4.79 Å². The van der Waals surface area contributed by atoms with Crippen LogP contribution >= 0.6 is 24.8 Å². The third-order valence-electron chi connectivity index (χ3n) is 4.97. The summed E-state index contributed by atoms with van der Waals surface area (Å²) in [4.78, 5) is 15.2. The second-order valence-corrected chi connectivity index (χ2v) is 6.85. The molecule has 1 amide bonds. The summed E-state index contributed by atoms with van der Waals surface area (Å²) in [5, 5.41) is 3.07. The van der Waals surface area contributed by atoms with E-state index in [1.807, 2.05) is 48.5 Å². The van der Waals surface area contributed by atoms with E-state index in [4.69, 9.17) is 10.5 Å². The summed E-state index contributed by atoms with van der Waals surface area (Å²) in [6, 6.07) is 19.9. The van der Waals surface area contributed by atoms with Crippen molar-refractivity contribution in [2.24, 2.45) is 5.73 Å². The van der Waals surface area contributed by atoms with Gasteiger partial charge in [-0.25, -0.2) is 0 Å². The van der Waals surface area contributed by atoms with E-state index >= 15 is 0 Å². The Morgan fingerprint density at radius 2 is 1.61 bits per heavy atom. The highest BCUT2D eigenvalue weighted by atomic mass is 35.5. The maximum Gasteiger partial charge on any atom is 0.244 e. The number of benzene rings is 2. The number of nitrogens with two attached hydrogens (primary N) is 1. The number of hydrogen-bond donors (Lipinski definition) is 2. The van der Waals surface area contributed by atoms with Crippen molar-refractivity contribution in [2.75, 3.05) is 32.8 Å². The van der Waals surface area contributed by atoms with E-state index < -0.39 is 5.54 Å². The average Bonchev–Trinajstić information content (AvgIpc) is 2.70. The highest BCUT2D eigenvalue weighted by molar-refractivity contribution is 5.87. The molecular formula is C21H29Cl2N3O2. The lowest BCUT2D eigenvalue weighted by atomic mass is 9.92. The van der Waals surface area contributed by atoms with Gasteiger partial charge in [-0.3, -0.25) is 9.69 Å². The molecule has 1 aliphatic rings. The van der Waals surface area contributed by atoms with E-state index in [1.54, 1.807) is 6.92 Å². The number of nitrogens with one attached hydrogen (secondary N) is 1. The van der Waals surface area contributed by atoms with Crippen LogP contribution in [-0.2, 0) is 15.1 Å². The average molecular weight is 426 g/mol. The zero-order chi connectivity index (χ0) is 18.4. The fourth-order valence-electron chi connectivity index (χ4n) is 3.31. The van der Waals surface area contributed by atoms with Gasteiger partial charge in [-0.15, -0.1) is 24.8 Å². The van der Waals surface area contributed by atoms with E-state index in [1.165, 1.54) is 5.56 Å². The molecule has 0 saturated carbocycles. The van der Waals surface area contributed by atoms with Crippen LogP contribution in [0.5, 0.6) is 0 Å². The van der Waals surface area contributed by atoms with Crippen LogP contribution in [0.25, 0.3) is 0 Å². The van der Waals surface area contributed by atoms with Crippen LogP contribution in [0, 0.1) is 0 Å². The Kier molecular flexibility index (Phi) is 9.93. The summed E-state index contributed by atoms with van der Waals surface area (Å²) >= 11 is 0. The second kappa shape index (κ2) is 11.4. The summed E-state index contributed by atoms with van der Waals surface area (Å²) in [6.45, 7) is 5.42. The molecule has 1 heterocycles. The monoisotopic (exact) mass is 425 g/mol. The van der Waals surface area contributed by atoms with Crippen LogP contribution in [0.3, 0.4) is 0 Å². The standard InChI is InChI=1S/C21H27N3O2.2ClH/c1-21(22,18-10-6-3-7-11-18)20(25)23-16-19(17-8-4-2-5-9-17)24-12-14-26-15-13-24;;/h2-11,19H,12-16,22H2,1H3,(H,23,25);2*1H. The van der Waals surface area contributed by atoms with Crippen LogP contribution in [0.15, 0.2) is 60.7 Å². The molecular weight excluding hydrogens is 397 g/mol. The molecule has 7 heteroatoms. The fraction of sp³-hybridized carbons (Fsp3) is 0.381. The van der Waals surface area contributed by atoms with Crippen LogP contribution in [-0.4, -0.2) is 43.7 Å². The van der Waals surface area contributed by atoms with Gasteiger partial charge in [-0.2, -0.15) is 0 Å².